The van der Waals surface area contributed by atoms with E-state index in [1.807, 2.05) is 125 Å². The number of esters is 2. The van der Waals surface area contributed by atoms with Gasteiger partial charge in [0.25, 0.3) is 34.8 Å². The summed E-state index contributed by atoms with van der Waals surface area (Å²) in [5.74, 6) is 3.22. The zero-order valence-electron chi connectivity index (χ0n) is 78.4. The molecule has 1 saturated carbocycles. The van der Waals surface area contributed by atoms with Crippen molar-refractivity contribution in [2.45, 2.75) is 161 Å². The number of non-ortho nitro benzene ring substituents is 3. The second-order valence-electron chi connectivity index (χ2n) is 32.1. The van der Waals surface area contributed by atoms with Gasteiger partial charge in [0.15, 0.2) is 0 Å². The SMILES string of the molecule is BrCc1ccc(C2CCCCC2)cc1.CC(C)(C)OC(=O)OC(=O)OC(C)(C)C.COC(=O)c1ccc([N+](=O)[O-])cc1C.COC(=O)c1ccc([N+](=O)[O-])cc1CBr.COc1ccc(CN)cc1.COc1ccc(CN2Cc3cc(C)ccc3C2=O)cc1.COc1ccc(CN2Cc3cc(N)ccc3C2=O)cc1.COc1ccc(CN2Cc3cc([N+](=O)[O-])ccc3C2=O)cc1.[B].[B]=NS.[NH]=[Al]. The zero-order chi connectivity index (χ0) is 100. The first-order chi connectivity index (χ1) is 64.2. The Morgan fingerprint density at radius 3 is 1.18 bits per heavy atom. The van der Waals surface area contributed by atoms with Crippen LogP contribution in [0.4, 0.5) is 32.3 Å². The molecule has 3 amide bonds. The van der Waals surface area contributed by atoms with Gasteiger partial charge in [-0.15, -0.1) is 0 Å². The van der Waals surface area contributed by atoms with Crippen molar-refractivity contribution in [1.82, 2.24) is 14.7 Å². The topological polar surface area (TPSA) is 430 Å². The second kappa shape index (κ2) is 58.3. The molecular formula is C98H112AlB2Br2N10O22S. The molecule has 5 radical (unpaired) electrons. The molecule has 4 aliphatic rings. The normalized spacial score (nSPS) is 12.1. The van der Waals surface area contributed by atoms with Gasteiger partial charge in [0.05, 0.1) is 68.6 Å². The summed E-state index contributed by atoms with van der Waals surface area (Å²) in [6.07, 6.45) is 4.96. The molecule has 0 saturated heterocycles. The van der Waals surface area contributed by atoms with Gasteiger partial charge in [0, 0.05) is 124 Å². The fourth-order valence-electron chi connectivity index (χ4n) is 13.5. The van der Waals surface area contributed by atoms with Gasteiger partial charge in [0.1, 0.15) is 34.2 Å². The Labute approximate surface area is 825 Å². The number of nitrogens with zero attached hydrogens (tertiary/aromatic N) is 7. The number of nitro benzene ring substituents is 3. The average molecular weight is 2020 g/mol. The van der Waals surface area contributed by atoms with Gasteiger partial charge in [-0.05, 0) is 226 Å². The molecule has 14 rings (SSSR count). The Morgan fingerprint density at radius 1 is 0.478 bits per heavy atom. The number of carbonyl (C=O) groups is 7. The second-order valence-corrected chi connectivity index (χ2v) is 33.4. The third-order valence-corrected chi connectivity index (χ3v) is 21.4. The molecule has 715 valence electrons. The molecule has 10 aromatic carbocycles. The molecule has 0 aromatic heterocycles. The third-order valence-electron chi connectivity index (χ3n) is 20.1. The van der Waals surface area contributed by atoms with Crippen LogP contribution in [0.3, 0.4) is 0 Å². The van der Waals surface area contributed by atoms with E-state index in [1.165, 1.54) is 112 Å². The molecule has 0 unspecified atom stereocenters. The first-order valence-corrected chi connectivity index (χ1v) is 45.2. The first-order valence-electron chi connectivity index (χ1n) is 42.0. The molecule has 136 heavy (non-hydrogen) atoms. The number of nitro groups is 3. The molecule has 1 fully saturated rings. The number of thiol groups is 1. The van der Waals surface area contributed by atoms with E-state index in [0.717, 1.165) is 78.8 Å². The van der Waals surface area contributed by atoms with Crippen LogP contribution >= 0.6 is 44.7 Å². The van der Waals surface area contributed by atoms with Crippen molar-refractivity contribution in [2.75, 3.05) is 48.4 Å². The number of halogens is 2. The zero-order valence-corrected chi connectivity index (χ0v) is 83.6. The number of hydrogen-bond donors (Lipinski definition) is 4. The number of methoxy groups -OCH3 is 6. The standard InChI is InChI=1S/C17H17NO2.C16H14N2O4.C16H16N2O2.C13H17Br.C10H18O5.C9H8BrNO4.C9H9NO4.C8H11NO.Al.BHNS.B.HN/c1-12-3-8-16-14(9-12)11-18(17(16)19)10-13-4-6-15(20-2)7-5-13;1-22-14-5-2-11(3-6-14)9-17-10-12-8-13(18(20)21)4-7-15(12)16(17)19;1-20-14-5-2-11(3-6-14)9-18-10-12-8-13(17)4-7-15(12)16(18)19;14-10-11-6-8-13(9-7-11)12-4-2-1-3-5-12;1-9(2,3)14-7(11)13-8(12)15-10(4,5)6;1-15-9(12)8-3-2-7(11(13)14)4-6(8)5-10;1-6-5-7(10(12)13)3-4-8(6)9(11)14-2;1-10-8-4-2-7(6-9)3-5-8;;1-2-3;;/h3-9H,10-11H2,1-2H3;2-8H,9-10H2,1H3;2-8H,9-10,17H2,1H3;6-9,12H,1-5,10H2;1-6H3;2-4H,5H2,1H3;3-5H,1-2H3;2-5H,6,9H2,1H3;;3H;;1H. The molecule has 38 heteroatoms. The van der Waals surface area contributed by atoms with Crippen molar-refractivity contribution in [2.24, 2.45) is 10.0 Å². The van der Waals surface area contributed by atoms with Crippen LogP contribution < -0.4 is 30.4 Å². The van der Waals surface area contributed by atoms with Gasteiger partial charge < -0.3 is 68.8 Å². The molecule has 0 bridgehead atoms. The summed E-state index contributed by atoms with van der Waals surface area (Å²) in [6, 6.07) is 63.8. The number of nitrogens with one attached hydrogen (secondary N) is 1. The molecule has 5 N–H and O–H groups in total. The van der Waals surface area contributed by atoms with Crippen LogP contribution in [0, 0.1) is 48.5 Å². The molecule has 32 nitrogen and oxygen atoms in total. The predicted molar refractivity (Wildman–Crippen MR) is 532 cm³/mol. The Kier molecular flexibility index (Phi) is 49.5. The number of amides is 3. The Bertz CT molecular complexity index is 5480. The van der Waals surface area contributed by atoms with Crippen LogP contribution in [0.1, 0.15) is 198 Å². The van der Waals surface area contributed by atoms with Crippen LogP contribution in [0.2, 0.25) is 0 Å². The molecule has 1 aliphatic carbocycles. The number of rotatable bonds is 19. The monoisotopic (exact) mass is 2020 g/mol. The van der Waals surface area contributed by atoms with Crippen molar-refractivity contribution in [3.63, 3.8) is 0 Å². The summed E-state index contributed by atoms with van der Waals surface area (Å²) in [5, 5.41) is 33.0. The number of nitrogens with two attached hydrogens (primary N) is 2. The number of hydrogen-bond acceptors (Lipinski definition) is 27. The minimum absolute atomic E-state index is 0. The predicted octanol–water partition coefficient (Wildman–Crippen LogP) is 20.7. The number of carbonyl (C=O) groups excluding carboxylic acids is 7. The molecule has 3 heterocycles. The molecular weight excluding hydrogens is 1910 g/mol. The van der Waals surface area contributed by atoms with Crippen LogP contribution in [0.5, 0.6) is 23.0 Å². The number of benzene rings is 10. The number of anilines is 1. The number of aryl methyl sites for hydroxylation is 2. The molecule has 10 aromatic rings. The summed E-state index contributed by atoms with van der Waals surface area (Å²) in [4.78, 5) is 117. The number of ether oxygens (including phenoxy) is 9. The van der Waals surface area contributed by atoms with Gasteiger partial charge in [-0.1, -0.05) is 142 Å². The van der Waals surface area contributed by atoms with E-state index >= 15 is 0 Å². The van der Waals surface area contributed by atoms with Crippen LogP contribution in [-0.2, 0) is 80.2 Å². The van der Waals surface area contributed by atoms with E-state index in [0.29, 0.717) is 90.2 Å². The van der Waals surface area contributed by atoms with E-state index < -0.39 is 50.2 Å². The summed E-state index contributed by atoms with van der Waals surface area (Å²) in [7, 11) is 13.4. The van der Waals surface area contributed by atoms with E-state index in [-0.39, 0.29) is 43.2 Å². The number of nitrogen functional groups attached to an aromatic ring is 1. The molecule has 0 atom stereocenters. The van der Waals surface area contributed by atoms with Crippen molar-refractivity contribution in [3.8, 4) is 23.0 Å². The fraction of sp³-hybridized carbons (Fsp3) is 0.316. The summed E-state index contributed by atoms with van der Waals surface area (Å²) >= 11 is 11.5. The van der Waals surface area contributed by atoms with Crippen LogP contribution in [0.15, 0.2) is 217 Å². The van der Waals surface area contributed by atoms with Gasteiger partial charge in [-0.2, -0.15) is 0 Å². The van der Waals surface area contributed by atoms with E-state index in [2.05, 4.69) is 108 Å². The van der Waals surface area contributed by atoms with Gasteiger partial charge in [-0.25, -0.2) is 19.2 Å². The van der Waals surface area contributed by atoms with Crippen LogP contribution in [0.25, 0.3) is 0 Å². The van der Waals surface area contributed by atoms with Gasteiger partial charge in [0.2, 0.25) is 0 Å². The Morgan fingerprint density at radius 2 is 0.816 bits per heavy atom. The van der Waals surface area contributed by atoms with E-state index in [1.54, 1.807) is 116 Å². The van der Waals surface area contributed by atoms with Crippen molar-refractivity contribution in [3.05, 3.63) is 337 Å². The summed E-state index contributed by atoms with van der Waals surface area (Å²) in [5.41, 5.74) is 25.6. The van der Waals surface area contributed by atoms with Crippen molar-refractivity contribution in [1.29, 1.82) is 4.35 Å². The third kappa shape index (κ3) is 38.1. The maximum atomic E-state index is 12.3. The minimum atomic E-state index is -1.06. The Hall–Kier alpha value is -13.0. The van der Waals surface area contributed by atoms with Crippen LogP contribution in [-0.4, -0.2) is 157 Å². The fourth-order valence-corrected chi connectivity index (χ4v) is 14.4. The van der Waals surface area contributed by atoms with Gasteiger partial charge in [-0.3, -0.25) is 44.7 Å². The van der Waals surface area contributed by atoms with Gasteiger partial charge >= 0.3 is 69.4 Å². The maximum absolute atomic E-state index is 12.3. The summed E-state index contributed by atoms with van der Waals surface area (Å²) < 4.78 is 51.6. The Balaban J connectivity index is 0.000000325. The molecule has 3 aliphatic heterocycles. The van der Waals surface area contributed by atoms with E-state index in [4.69, 9.17) is 44.2 Å². The first kappa shape index (κ1) is 115. The van der Waals surface area contributed by atoms with Crippen molar-refractivity contribution < 1.29 is 91.0 Å². The number of fused-ring (bicyclic) bond motifs is 3. The van der Waals surface area contributed by atoms with E-state index in [9.17, 15) is 63.9 Å². The summed E-state index contributed by atoms with van der Waals surface area (Å²) in [6.45, 7) is 17.7. The van der Waals surface area contributed by atoms with Crippen molar-refractivity contribution >= 4 is 142 Å². The molecule has 0 spiro atoms. The average Bonchev–Trinajstić information content (AvgIpc) is 1.64. The number of alkyl halides is 2. The quantitative estimate of drug-likeness (QED) is 0.00672.